The van der Waals surface area contributed by atoms with Gasteiger partial charge >= 0.3 is 11.9 Å². The van der Waals surface area contributed by atoms with Crippen molar-refractivity contribution in [3.63, 3.8) is 0 Å². The molecule has 4 rings (SSSR count). The minimum Gasteiger partial charge on any atom is -0.493 e. The van der Waals surface area contributed by atoms with Gasteiger partial charge in [0.25, 0.3) is 0 Å². The van der Waals surface area contributed by atoms with Crippen molar-refractivity contribution < 1.29 is 38.4 Å². The Kier molecular flexibility index (Phi) is 13.6. The molecule has 0 radical (unpaired) electrons. The van der Waals surface area contributed by atoms with E-state index in [9.17, 15) is 19.1 Å². The average Bonchev–Trinajstić information content (AvgIpc) is 3.55. The maximum Gasteiger partial charge on any atom is 0.303 e. The Morgan fingerprint density at radius 1 is 0.711 bits per heavy atom. The third-order valence-corrected chi connectivity index (χ3v) is 8.22. The number of unbranched alkanes of at least 4 members (excludes halogenated alkanes) is 3. The number of carboxylic acids is 2. The first kappa shape index (κ1) is 33.8. The van der Waals surface area contributed by atoms with Crippen LogP contribution in [0.3, 0.4) is 0 Å². The van der Waals surface area contributed by atoms with Gasteiger partial charge in [-0.1, -0.05) is 49.9 Å². The molecule has 1 aliphatic rings. The van der Waals surface area contributed by atoms with Crippen molar-refractivity contribution in [2.45, 2.75) is 83.5 Å². The molecule has 8 heteroatoms. The number of aryl methyl sites for hydroxylation is 1. The molecule has 0 saturated heterocycles. The number of ether oxygens (including phenoxy) is 3. The summed E-state index contributed by atoms with van der Waals surface area (Å²) in [7, 11) is 0. The van der Waals surface area contributed by atoms with Crippen molar-refractivity contribution in [3.05, 3.63) is 77.6 Å². The van der Waals surface area contributed by atoms with Crippen molar-refractivity contribution in [1.82, 2.24) is 0 Å². The monoisotopic (exact) mass is 620 g/mol. The van der Waals surface area contributed by atoms with Gasteiger partial charge in [-0.15, -0.1) is 0 Å². The van der Waals surface area contributed by atoms with E-state index in [1.165, 1.54) is 37.8 Å². The lowest BCUT2D eigenvalue weighted by Crippen LogP contribution is -2.08. The lowest BCUT2D eigenvalue weighted by molar-refractivity contribution is -0.138. The highest BCUT2D eigenvalue weighted by atomic mass is 19.1. The summed E-state index contributed by atoms with van der Waals surface area (Å²) < 4.78 is 32.1. The van der Waals surface area contributed by atoms with Crippen molar-refractivity contribution >= 4 is 11.9 Å². The Morgan fingerprint density at radius 3 is 2.18 bits per heavy atom. The van der Waals surface area contributed by atoms with Crippen LogP contribution in [0.15, 0.2) is 60.7 Å². The normalized spacial score (nSPS) is 13.1. The molecule has 0 heterocycles. The summed E-state index contributed by atoms with van der Waals surface area (Å²) in [6.45, 7) is 1.51. The standard InChI is InChI=1S/C37H45FO7/c38-31-15-7-14-29(22-31)30-23-32(25-33(24-30)45-26-27-10-4-5-11-27)43-20-6-2-1-3-12-28-13-8-16-35(34(28)18-19-37(41)42)44-21-9-17-36(39)40/h7-8,13-16,22-25,27H,1-6,9-12,17-21,26H2,(H,39,40)(H,41,42). The van der Waals surface area contributed by atoms with E-state index >= 15 is 0 Å². The maximum atomic E-state index is 14.0. The quantitative estimate of drug-likeness (QED) is 0.122. The zero-order valence-electron chi connectivity index (χ0n) is 26.0. The van der Waals surface area contributed by atoms with E-state index in [-0.39, 0.29) is 25.3 Å². The number of benzene rings is 3. The molecule has 2 N–H and O–H groups in total. The molecule has 0 amide bonds. The number of carboxylic acid groups (broad SMARTS) is 2. The van der Waals surface area contributed by atoms with Gasteiger partial charge in [-0.3, -0.25) is 9.59 Å². The van der Waals surface area contributed by atoms with Crippen LogP contribution in [-0.2, 0) is 22.4 Å². The van der Waals surface area contributed by atoms with E-state index in [4.69, 9.17) is 19.3 Å². The highest BCUT2D eigenvalue weighted by Crippen LogP contribution is 2.32. The minimum atomic E-state index is -0.866. The van der Waals surface area contributed by atoms with Crippen molar-refractivity contribution in [3.8, 4) is 28.4 Å². The van der Waals surface area contributed by atoms with Crippen LogP contribution >= 0.6 is 0 Å². The highest BCUT2D eigenvalue weighted by molar-refractivity contribution is 5.68. The smallest absolute Gasteiger partial charge is 0.303 e. The number of carbonyl (C=O) groups is 2. The van der Waals surface area contributed by atoms with Gasteiger partial charge < -0.3 is 24.4 Å². The Labute approximate surface area is 265 Å². The molecule has 1 aliphatic carbocycles. The summed E-state index contributed by atoms with van der Waals surface area (Å²) >= 11 is 0. The first-order valence-corrected chi connectivity index (χ1v) is 16.2. The van der Waals surface area contributed by atoms with E-state index in [1.54, 1.807) is 6.07 Å². The summed E-state index contributed by atoms with van der Waals surface area (Å²) in [6.07, 6.45) is 10.3. The Balaban J connectivity index is 1.27. The van der Waals surface area contributed by atoms with Crippen molar-refractivity contribution in [2.75, 3.05) is 19.8 Å². The number of aliphatic carboxylic acids is 2. The van der Waals surface area contributed by atoms with Gasteiger partial charge in [0.05, 0.1) is 19.8 Å². The molecule has 242 valence electrons. The predicted octanol–water partition coefficient (Wildman–Crippen LogP) is 8.50. The van der Waals surface area contributed by atoms with E-state index in [0.29, 0.717) is 43.5 Å². The van der Waals surface area contributed by atoms with Crippen LogP contribution in [0.1, 0.15) is 81.8 Å². The molecule has 0 atom stereocenters. The van der Waals surface area contributed by atoms with Crippen molar-refractivity contribution in [1.29, 1.82) is 0 Å². The molecular weight excluding hydrogens is 575 g/mol. The van der Waals surface area contributed by atoms with E-state index < -0.39 is 11.9 Å². The Bertz CT molecular complexity index is 1380. The zero-order chi connectivity index (χ0) is 31.9. The van der Waals surface area contributed by atoms with Crippen LogP contribution in [0.25, 0.3) is 11.1 Å². The molecule has 0 aliphatic heterocycles. The molecule has 0 spiro atoms. The Hall–Kier alpha value is -4.07. The van der Waals surface area contributed by atoms with Gasteiger partial charge in [-0.25, -0.2) is 4.39 Å². The summed E-state index contributed by atoms with van der Waals surface area (Å²) in [5.74, 6) is 0.659. The molecular formula is C37H45FO7. The van der Waals surface area contributed by atoms with Crippen LogP contribution in [0.2, 0.25) is 0 Å². The first-order chi connectivity index (χ1) is 21.9. The van der Waals surface area contributed by atoms with Gasteiger partial charge in [0.1, 0.15) is 23.1 Å². The second kappa shape index (κ2) is 18.0. The molecule has 0 aromatic heterocycles. The topological polar surface area (TPSA) is 102 Å². The summed E-state index contributed by atoms with van der Waals surface area (Å²) in [5.41, 5.74) is 3.61. The van der Waals surface area contributed by atoms with Gasteiger partial charge in [-0.2, -0.15) is 0 Å². The fourth-order valence-corrected chi connectivity index (χ4v) is 5.83. The third-order valence-electron chi connectivity index (χ3n) is 8.22. The molecule has 0 unspecified atom stereocenters. The molecule has 7 nitrogen and oxygen atoms in total. The van der Waals surface area contributed by atoms with Crippen LogP contribution in [0.5, 0.6) is 17.2 Å². The van der Waals surface area contributed by atoms with Crippen LogP contribution in [-0.4, -0.2) is 42.0 Å². The van der Waals surface area contributed by atoms with Gasteiger partial charge in [0.15, 0.2) is 0 Å². The minimum absolute atomic E-state index is 0.00753. The van der Waals surface area contributed by atoms with Gasteiger partial charge in [0, 0.05) is 18.9 Å². The number of halogens is 1. The SMILES string of the molecule is O=C(O)CCCOc1cccc(CCCCCCOc2cc(OCC3CCCC3)cc(-c3cccc(F)c3)c2)c1CCC(=O)O. The summed E-state index contributed by atoms with van der Waals surface area (Å²) in [5, 5.41) is 18.1. The second-order valence-electron chi connectivity index (χ2n) is 11.8. The molecule has 0 bridgehead atoms. The van der Waals surface area contributed by atoms with E-state index in [2.05, 4.69) is 0 Å². The number of hydrogen-bond acceptors (Lipinski definition) is 5. The van der Waals surface area contributed by atoms with Crippen LogP contribution in [0, 0.1) is 11.7 Å². The van der Waals surface area contributed by atoms with Gasteiger partial charge in [-0.05, 0) is 103 Å². The fourth-order valence-electron chi connectivity index (χ4n) is 5.83. The highest BCUT2D eigenvalue weighted by Gasteiger charge is 2.16. The van der Waals surface area contributed by atoms with Crippen molar-refractivity contribution in [2.24, 2.45) is 5.92 Å². The summed E-state index contributed by atoms with van der Waals surface area (Å²) in [4.78, 5) is 22.1. The molecule has 1 saturated carbocycles. The fraction of sp³-hybridized carbons (Fsp3) is 0.459. The van der Waals surface area contributed by atoms with Crippen LogP contribution in [0.4, 0.5) is 4.39 Å². The average molecular weight is 621 g/mol. The molecule has 3 aromatic carbocycles. The van der Waals surface area contributed by atoms with Gasteiger partial charge in [0.2, 0.25) is 0 Å². The third kappa shape index (κ3) is 11.7. The van der Waals surface area contributed by atoms with E-state index in [0.717, 1.165) is 60.1 Å². The lowest BCUT2D eigenvalue weighted by atomic mass is 9.97. The number of rotatable bonds is 20. The Morgan fingerprint density at radius 2 is 1.42 bits per heavy atom. The predicted molar refractivity (Wildman–Crippen MR) is 172 cm³/mol. The first-order valence-electron chi connectivity index (χ1n) is 16.2. The zero-order valence-corrected chi connectivity index (χ0v) is 26.0. The number of hydrogen-bond donors (Lipinski definition) is 2. The van der Waals surface area contributed by atoms with Crippen LogP contribution < -0.4 is 14.2 Å². The lowest BCUT2D eigenvalue weighted by Gasteiger charge is -2.16. The largest absolute Gasteiger partial charge is 0.493 e. The molecule has 3 aromatic rings. The molecule has 1 fully saturated rings. The summed E-state index contributed by atoms with van der Waals surface area (Å²) in [6, 6.07) is 18.1. The van der Waals surface area contributed by atoms with E-state index in [1.807, 2.05) is 42.5 Å². The second-order valence-corrected chi connectivity index (χ2v) is 11.8. The molecule has 45 heavy (non-hydrogen) atoms. The maximum absolute atomic E-state index is 14.0.